The topological polar surface area (TPSA) is 34.1 Å². The van der Waals surface area contributed by atoms with E-state index in [0.29, 0.717) is 24.8 Å². The van der Waals surface area contributed by atoms with Crippen LogP contribution in [0.1, 0.15) is 38.7 Å². The van der Waals surface area contributed by atoms with Crippen LogP contribution >= 0.6 is 0 Å². The second-order valence-corrected chi connectivity index (χ2v) is 4.05. The highest BCUT2D eigenvalue weighted by atomic mass is 16.1. The maximum Gasteiger partial charge on any atom is 0.159 e. The van der Waals surface area contributed by atoms with Crippen LogP contribution in [0.2, 0.25) is 0 Å². The molecule has 0 aliphatic rings. The summed E-state index contributed by atoms with van der Waals surface area (Å²) in [7, 11) is 0. The Morgan fingerprint density at radius 3 is 2.35 bits per heavy atom. The molecule has 0 fully saturated rings. The van der Waals surface area contributed by atoms with Crippen molar-refractivity contribution in [2.24, 2.45) is 0 Å². The number of hydrogen-bond donors (Lipinski definition) is 0. The van der Waals surface area contributed by atoms with Gasteiger partial charge < -0.3 is 0 Å². The highest BCUT2D eigenvalue weighted by molar-refractivity contribution is 6.00. The molecule has 0 heterocycles. The molecule has 90 valence electrons. The van der Waals surface area contributed by atoms with Crippen molar-refractivity contribution in [1.82, 2.24) is 0 Å². The average molecular weight is 230 g/mol. The van der Waals surface area contributed by atoms with Crippen LogP contribution in [0.5, 0.6) is 0 Å². The minimum absolute atomic E-state index is 0.0515. The molecule has 0 aliphatic heterocycles. The van der Waals surface area contributed by atoms with Gasteiger partial charge in [0.05, 0.1) is 0 Å². The van der Waals surface area contributed by atoms with E-state index in [4.69, 9.17) is 0 Å². The maximum absolute atomic E-state index is 11.7. The summed E-state index contributed by atoms with van der Waals surface area (Å²) >= 11 is 0. The van der Waals surface area contributed by atoms with Crippen molar-refractivity contribution in [2.75, 3.05) is 0 Å². The molecule has 0 saturated carbocycles. The van der Waals surface area contributed by atoms with Gasteiger partial charge in [-0.1, -0.05) is 37.3 Å². The summed E-state index contributed by atoms with van der Waals surface area (Å²) in [5, 5.41) is 0. The van der Waals surface area contributed by atoms with Crippen LogP contribution < -0.4 is 0 Å². The Morgan fingerprint density at radius 2 is 1.76 bits per heavy atom. The molecule has 0 aliphatic carbocycles. The van der Waals surface area contributed by atoms with Gasteiger partial charge in [-0.15, -0.1) is 0 Å². The molecule has 0 N–H and O–H groups in total. The quantitative estimate of drug-likeness (QED) is 0.702. The molecule has 1 aromatic carbocycles. The van der Waals surface area contributed by atoms with E-state index < -0.39 is 0 Å². The van der Waals surface area contributed by atoms with Crippen molar-refractivity contribution in [3.05, 3.63) is 41.5 Å². The monoisotopic (exact) mass is 230 g/mol. The van der Waals surface area contributed by atoms with E-state index in [-0.39, 0.29) is 11.6 Å². The molecule has 2 nitrogen and oxygen atoms in total. The van der Waals surface area contributed by atoms with Gasteiger partial charge in [-0.05, 0) is 24.1 Å². The highest BCUT2D eigenvalue weighted by Crippen LogP contribution is 2.09. The van der Waals surface area contributed by atoms with Gasteiger partial charge in [0.15, 0.2) is 5.78 Å². The Morgan fingerprint density at radius 1 is 1.12 bits per heavy atom. The zero-order valence-electron chi connectivity index (χ0n) is 10.4. The maximum atomic E-state index is 11.7. The van der Waals surface area contributed by atoms with Crippen LogP contribution in [0, 0.1) is 0 Å². The molecule has 17 heavy (non-hydrogen) atoms. The Labute approximate surface area is 102 Å². The summed E-state index contributed by atoms with van der Waals surface area (Å²) in [6.07, 6.45) is 3.05. The second kappa shape index (κ2) is 6.79. The molecule has 0 radical (unpaired) electrons. The SMILES string of the molecule is CCC(=O)CCC(=O)/C(C)=C/c1ccccc1. The molecular weight excluding hydrogens is 212 g/mol. The minimum Gasteiger partial charge on any atom is -0.300 e. The number of hydrogen-bond acceptors (Lipinski definition) is 2. The van der Waals surface area contributed by atoms with E-state index in [0.717, 1.165) is 5.56 Å². The molecule has 1 aromatic rings. The fourth-order valence-corrected chi connectivity index (χ4v) is 1.51. The van der Waals surface area contributed by atoms with Crippen molar-refractivity contribution in [3.8, 4) is 0 Å². The third kappa shape index (κ3) is 4.77. The van der Waals surface area contributed by atoms with E-state index in [9.17, 15) is 9.59 Å². The van der Waals surface area contributed by atoms with Crippen LogP contribution in [-0.4, -0.2) is 11.6 Å². The summed E-state index contributed by atoms with van der Waals surface area (Å²) < 4.78 is 0. The standard InChI is InChI=1S/C15H18O2/c1-3-14(16)9-10-15(17)12(2)11-13-7-5-4-6-8-13/h4-8,11H,3,9-10H2,1-2H3/b12-11+. The largest absolute Gasteiger partial charge is 0.300 e. The van der Waals surface area contributed by atoms with E-state index >= 15 is 0 Å². The number of ketones is 2. The van der Waals surface area contributed by atoms with E-state index in [1.165, 1.54) is 0 Å². The van der Waals surface area contributed by atoms with E-state index in [2.05, 4.69) is 0 Å². The van der Waals surface area contributed by atoms with Crippen LogP contribution in [0.3, 0.4) is 0 Å². The lowest BCUT2D eigenvalue weighted by Crippen LogP contribution is -2.04. The second-order valence-electron chi connectivity index (χ2n) is 4.05. The summed E-state index contributed by atoms with van der Waals surface area (Å²) in [5.41, 5.74) is 1.72. The highest BCUT2D eigenvalue weighted by Gasteiger charge is 2.07. The Bertz CT molecular complexity index is 416. The van der Waals surface area contributed by atoms with Gasteiger partial charge in [0.25, 0.3) is 0 Å². The van der Waals surface area contributed by atoms with Crippen LogP contribution in [0.25, 0.3) is 6.08 Å². The molecule has 0 amide bonds. The lowest BCUT2D eigenvalue weighted by atomic mass is 10.0. The number of carbonyl (C=O) groups is 2. The molecule has 1 rings (SSSR count). The van der Waals surface area contributed by atoms with Gasteiger partial charge >= 0.3 is 0 Å². The van der Waals surface area contributed by atoms with Gasteiger partial charge in [-0.25, -0.2) is 0 Å². The number of benzene rings is 1. The molecule has 0 unspecified atom stereocenters. The Hall–Kier alpha value is -1.70. The lowest BCUT2D eigenvalue weighted by molar-refractivity contribution is -0.122. The van der Waals surface area contributed by atoms with Crippen molar-refractivity contribution >= 4 is 17.6 Å². The average Bonchev–Trinajstić information content (AvgIpc) is 2.36. The van der Waals surface area contributed by atoms with Crippen molar-refractivity contribution in [2.45, 2.75) is 33.1 Å². The fourth-order valence-electron chi connectivity index (χ4n) is 1.51. The van der Waals surface area contributed by atoms with Crippen molar-refractivity contribution in [1.29, 1.82) is 0 Å². The molecule has 0 atom stereocenters. The summed E-state index contributed by atoms with van der Waals surface area (Å²) in [5.74, 6) is 0.196. The molecule has 0 saturated heterocycles. The number of Topliss-reactive ketones (excluding diaryl/α,β-unsaturated/α-hetero) is 2. The summed E-state index contributed by atoms with van der Waals surface area (Å²) in [6, 6.07) is 9.71. The number of rotatable bonds is 6. The van der Waals surface area contributed by atoms with Crippen molar-refractivity contribution in [3.63, 3.8) is 0 Å². The van der Waals surface area contributed by atoms with E-state index in [1.54, 1.807) is 6.92 Å². The van der Waals surface area contributed by atoms with E-state index in [1.807, 2.05) is 43.3 Å². The first-order valence-electron chi connectivity index (χ1n) is 5.91. The summed E-state index contributed by atoms with van der Waals surface area (Å²) in [4.78, 5) is 22.9. The third-order valence-corrected chi connectivity index (χ3v) is 2.65. The van der Waals surface area contributed by atoms with Crippen LogP contribution in [0.15, 0.2) is 35.9 Å². The normalized spacial score (nSPS) is 11.3. The van der Waals surface area contributed by atoms with Gasteiger partial charge in [0, 0.05) is 19.3 Å². The Kier molecular flexibility index (Phi) is 5.34. The first kappa shape index (κ1) is 13.4. The first-order chi connectivity index (χ1) is 8.13. The van der Waals surface area contributed by atoms with Crippen LogP contribution in [-0.2, 0) is 9.59 Å². The predicted molar refractivity (Wildman–Crippen MR) is 69.6 cm³/mol. The van der Waals surface area contributed by atoms with Crippen LogP contribution in [0.4, 0.5) is 0 Å². The van der Waals surface area contributed by atoms with Gasteiger partial charge in [-0.3, -0.25) is 9.59 Å². The number of allylic oxidation sites excluding steroid dienone is 1. The molecule has 0 spiro atoms. The molecule has 0 bridgehead atoms. The predicted octanol–water partition coefficient (Wildman–Crippen LogP) is 3.42. The molecule has 2 heteroatoms. The zero-order valence-corrected chi connectivity index (χ0v) is 10.4. The van der Waals surface area contributed by atoms with Gasteiger partial charge in [0.1, 0.15) is 5.78 Å². The smallest absolute Gasteiger partial charge is 0.159 e. The third-order valence-electron chi connectivity index (χ3n) is 2.65. The van der Waals surface area contributed by atoms with Crippen molar-refractivity contribution < 1.29 is 9.59 Å². The Balaban J connectivity index is 2.58. The molecule has 0 aromatic heterocycles. The fraction of sp³-hybridized carbons (Fsp3) is 0.333. The van der Waals surface area contributed by atoms with Gasteiger partial charge in [0.2, 0.25) is 0 Å². The zero-order chi connectivity index (χ0) is 12.7. The van der Waals surface area contributed by atoms with Gasteiger partial charge in [-0.2, -0.15) is 0 Å². The number of carbonyl (C=O) groups excluding carboxylic acids is 2. The lowest BCUT2D eigenvalue weighted by Gasteiger charge is -2.00. The molecular formula is C15H18O2. The minimum atomic E-state index is 0.0515. The first-order valence-corrected chi connectivity index (χ1v) is 5.91. The summed E-state index contributed by atoms with van der Waals surface area (Å²) in [6.45, 7) is 3.62.